The highest BCUT2D eigenvalue weighted by Crippen LogP contribution is 2.28. The first-order valence-electron chi connectivity index (χ1n) is 8.30. The minimum Gasteiger partial charge on any atom is -0.329 e. The van der Waals surface area contributed by atoms with E-state index in [1.54, 1.807) is 10.8 Å². The molecule has 4 aromatic rings. The van der Waals surface area contributed by atoms with E-state index >= 15 is 0 Å². The molecule has 26 heavy (non-hydrogen) atoms. The van der Waals surface area contributed by atoms with Crippen LogP contribution in [-0.4, -0.2) is 19.1 Å². The summed E-state index contributed by atoms with van der Waals surface area (Å²) < 4.78 is 3.61. The molecule has 0 spiro atoms. The molecular weight excluding hydrogens is 344 g/mol. The zero-order valence-electron chi connectivity index (χ0n) is 14.8. The van der Waals surface area contributed by atoms with E-state index in [4.69, 9.17) is 4.98 Å². The van der Waals surface area contributed by atoms with Crippen molar-refractivity contribution in [2.75, 3.05) is 0 Å². The highest BCUT2D eigenvalue weighted by atomic mass is 32.2. The van der Waals surface area contributed by atoms with Crippen LogP contribution >= 0.6 is 11.8 Å². The molecule has 0 radical (unpaired) electrons. The van der Waals surface area contributed by atoms with Crippen LogP contribution in [0.1, 0.15) is 11.1 Å². The molecule has 2 aromatic heterocycles. The summed E-state index contributed by atoms with van der Waals surface area (Å²) in [5.74, 6) is 0. The van der Waals surface area contributed by atoms with Gasteiger partial charge in [0.05, 0.1) is 16.6 Å². The molecule has 2 aromatic carbocycles. The van der Waals surface area contributed by atoms with Gasteiger partial charge in [0.2, 0.25) is 0 Å². The van der Waals surface area contributed by atoms with E-state index in [1.165, 1.54) is 11.8 Å². The summed E-state index contributed by atoms with van der Waals surface area (Å²) in [6.07, 6.45) is 3.62. The van der Waals surface area contributed by atoms with E-state index < -0.39 is 0 Å². The van der Waals surface area contributed by atoms with Crippen molar-refractivity contribution in [2.45, 2.75) is 24.2 Å². The third kappa shape index (κ3) is 2.72. The lowest BCUT2D eigenvalue weighted by atomic mass is 10.1. The fourth-order valence-corrected chi connectivity index (χ4v) is 3.90. The monoisotopic (exact) mass is 362 g/mol. The van der Waals surface area contributed by atoms with Gasteiger partial charge in [-0.25, -0.2) is 9.97 Å². The van der Waals surface area contributed by atoms with E-state index in [2.05, 4.69) is 4.98 Å². The van der Waals surface area contributed by atoms with Crippen molar-refractivity contribution in [1.82, 2.24) is 19.1 Å². The van der Waals surface area contributed by atoms with E-state index in [9.17, 15) is 4.79 Å². The highest BCUT2D eigenvalue weighted by molar-refractivity contribution is 7.99. The Morgan fingerprint density at radius 2 is 1.73 bits per heavy atom. The molecule has 0 unspecified atom stereocenters. The molecule has 6 heteroatoms. The first-order valence-corrected chi connectivity index (χ1v) is 9.11. The fraction of sp³-hybridized carbons (Fsp3) is 0.150. The largest absolute Gasteiger partial charge is 0.329 e. The van der Waals surface area contributed by atoms with Crippen LogP contribution in [0, 0.1) is 13.8 Å². The lowest BCUT2D eigenvalue weighted by molar-refractivity contribution is 0.770. The second-order valence-electron chi connectivity index (χ2n) is 6.21. The van der Waals surface area contributed by atoms with Gasteiger partial charge in [0.1, 0.15) is 0 Å². The van der Waals surface area contributed by atoms with Gasteiger partial charge >= 0.3 is 0 Å². The van der Waals surface area contributed by atoms with Crippen LogP contribution in [0.15, 0.2) is 70.0 Å². The van der Waals surface area contributed by atoms with Crippen LogP contribution in [0.4, 0.5) is 0 Å². The molecule has 4 rings (SSSR count). The molecule has 0 aliphatic carbocycles. The third-order valence-corrected chi connectivity index (χ3v) is 5.42. The summed E-state index contributed by atoms with van der Waals surface area (Å²) >= 11 is 1.39. The Bertz CT molecular complexity index is 1180. The number of aromatic nitrogens is 4. The summed E-state index contributed by atoms with van der Waals surface area (Å²) in [4.78, 5) is 22.6. The zero-order valence-corrected chi connectivity index (χ0v) is 15.6. The van der Waals surface area contributed by atoms with Crippen LogP contribution < -0.4 is 5.56 Å². The van der Waals surface area contributed by atoms with Crippen LogP contribution in [0.2, 0.25) is 0 Å². The van der Waals surface area contributed by atoms with Gasteiger partial charge in [-0.1, -0.05) is 30.3 Å². The van der Waals surface area contributed by atoms with E-state index in [0.717, 1.165) is 22.0 Å². The molecule has 130 valence electrons. The van der Waals surface area contributed by atoms with Gasteiger partial charge in [-0.15, -0.1) is 0 Å². The standard InChI is InChI=1S/C20H18N4OS/c1-13-7-4-5-10-16(13)24-18(25)17-14(2)8-6-9-15(17)22-20(24)26-19-21-11-12-23(19)3/h4-12H,1-3H3. The molecule has 5 nitrogen and oxygen atoms in total. The maximum Gasteiger partial charge on any atom is 0.266 e. The molecule has 2 heterocycles. The highest BCUT2D eigenvalue weighted by Gasteiger charge is 2.17. The zero-order chi connectivity index (χ0) is 18.3. The lowest BCUT2D eigenvalue weighted by Crippen LogP contribution is -2.23. The van der Waals surface area contributed by atoms with E-state index in [-0.39, 0.29) is 5.56 Å². The molecule has 0 saturated carbocycles. The number of hydrogen-bond donors (Lipinski definition) is 0. The Labute approximate surface area is 155 Å². The first-order chi connectivity index (χ1) is 12.6. The van der Waals surface area contributed by atoms with Crippen molar-refractivity contribution in [2.24, 2.45) is 7.05 Å². The summed E-state index contributed by atoms with van der Waals surface area (Å²) in [6, 6.07) is 13.6. The average molecular weight is 362 g/mol. The Morgan fingerprint density at radius 1 is 0.962 bits per heavy atom. The van der Waals surface area contributed by atoms with Crippen LogP contribution in [0.25, 0.3) is 16.6 Å². The number of para-hydroxylation sites is 1. The van der Waals surface area contributed by atoms with Gasteiger partial charge in [-0.05, 0) is 48.9 Å². The number of aryl methyl sites for hydroxylation is 3. The Hall–Kier alpha value is -2.86. The number of rotatable bonds is 3. The number of hydrogen-bond acceptors (Lipinski definition) is 4. The van der Waals surface area contributed by atoms with Gasteiger partial charge < -0.3 is 4.57 Å². The fourth-order valence-electron chi connectivity index (χ4n) is 3.00. The van der Waals surface area contributed by atoms with Crippen molar-refractivity contribution < 1.29 is 0 Å². The third-order valence-electron chi connectivity index (χ3n) is 4.39. The Balaban J connectivity index is 2.06. The van der Waals surface area contributed by atoms with E-state index in [0.29, 0.717) is 16.1 Å². The summed E-state index contributed by atoms with van der Waals surface area (Å²) in [6.45, 7) is 3.94. The quantitative estimate of drug-likeness (QED) is 0.519. The Morgan fingerprint density at radius 3 is 2.46 bits per heavy atom. The summed E-state index contributed by atoms with van der Waals surface area (Å²) in [7, 11) is 1.93. The topological polar surface area (TPSA) is 52.7 Å². The van der Waals surface area contributed by atoms with Crippen molar-refractivity contribution in [3.05, 3.63) is 76.3 Å². The van der Waals surface area contributed by atoms with E-state index in [1.807, 2.05) is 74.1 Å². The molecule has 0 fully saturated rings. The number of imidazole rings is 1. The second kappa shape index (κ2) is 6.46. The molecule has 0 amide bonds. The van der Waals surface area contributed by atoms with Crippen molar-refractivity contribution >= 4 is 22.7 Å². The Kier molecular flexibility index (Phi) is 4.12. The smallest absolute Gasteiger partial charge is 0.266 e. The van der Waals surface area contributed by atoms with Crippen LogP contribution in [0.5, 0.6) is 0 Å². The van der Waals surface area contributed by atoms with Crippen LogP contribution in [-0.2, 0) is 7.05 Å². The minimum absolute atomic E-state index is 0.0564. The number of benzene rings is 2. The van der Waals surface area contributed by atoms with Crippen molar-refractivity contribution in [3.63, 3.8) is 0 Å². The minimum atomic E-state index is -0.0564. The molecule has 0 N–H and O–H groups in total. The predicted octanol–water partition coefficient (Wildman–Crippen LogP) is 3.89. The molecule has 0 bridgehead atoms. The van der Waals surface area contributed by atoms with Gasteiger partial charge in [-0.3, -0.25) is 9.36 Å². The first kappa shape index (κ1) is 16.6. The van der Waals surface area contributed by atoms with Gasteiger partial charge in [0.25, 0.3) is 5.56 Å². The normalized spacial score (nSPS) is 11.2. The average Bonchev–Trinajstić information content (AvgIpc) is 3.01. The SMILES string of the molecule is Cc1ccccc1-n1c(Sc2nccn2C)nc2cccc(C)c2c1=O. The van der Waals surface area contributed by atoms with Gasteiger partial charge in [-0.2, -0.15) is 0 Å². The van der Waals surface area contributed by atoms with Gasteiger partial charge in [0, 0.05) is 19.4 Å². The van der Waals surface area contributed by atoms with Gasteiger partial charge in [0.15, 0.2) is 10.3 Å². The summed E-state index contributed by atoms with van der Waals surface area (Å²) in [5.41, 5.74) is 3.43. The lowest BCUT2D eigenvalue weighted by Gasteiger charge is -2.15. The second-order valence-corrected chi connectivity index (χ2v) is 7.15. The maximum absolute atomic E-state index is 13.4. The summed E-state index contributed by atoms with van der Waals surface area (Å²) in [5, 5.41) is 2.04. The van der Waals surface area contributed by atoms with Crippen molar-refractivity contribution in [3.8, 4) is 5.69 Å². The van der Waals surface area contributed by atoms with Crippen LogP contribution in [0.3, 0.4) is 0 Å². The maximum atomic E-state index is 13.4. The van der Waals surface area contributed by atoms with Crippen molar-refractivity contribution in [1.29, 1.82) is 0 Å². The molecule has 0 aliphatic heterocycles. The molecule has 0 atom stereocenters. The molecule has 0 aliphatic rings. The molecule has 0 saturated heterocycles. The number of nitrogens with zero attached hydrogens (tertiary/aromatic N) is 4. The predicted molar refractivity (Wildman–Crippen MR) is 104 cm³/mol. The number of fused-ring (bicyclic) bond motifs is 1. The molecular formula is C20H18N4OS.